The summed E-state index contributed by atoms with van der Waals surface area (Å²) >= 11 is 2.33. The number of hydrogen-bond donors (Lipinski definition) is 0. The predicted octanol–water partition coefficient (Wildman–Crippen LogP) is 1.09. The Balaban J connectivity index is 3.02. The van der Waals surface area contributed by atoms with Crippen molar-refractivity contribution in [3.63, 3.8) is 0 Å². The van der Waals surface area contributed by atoms with Gasteiger partial charge >= 0.3 is 43.9 Å². The molecule has 0 saturated carbocycles. The molecule has 2 heteroatoms. The van der Waals surface area contributed by atoms with E-state index in [0.717, 1.165) is 0 Å². The molecule has 0 radical (unpaired) electrons. The van der Waals surface area contributed by atoms with E-state index in [1.54, 1.807) is 0 Å². The van der Waals surface area contributed by atoms with Gasteiger partial charge in [0, 0.05) is 0 Å². The van der Waals surface area contributed by atoms with Gasteiger partial charge < -0.3 is 0 Å². The summed E-state index contributed by atoms with van der Waals surface area (Å²) in [6.07, 6.45) is 0. The van der Waals surface area contributed by atoms with E-state index >= 15 is 0 Å². The molecule has 0 aliphatic heterocycles. The van der Waals surface area contributed by atoms with Crippen LogP contribution in [0.5, 0.6) is 0 Å². The van der Waals surface area contributed by atoms with E-state index in [4.69, 9.17) is 0 Å². The summed E-state index contributed by atoms with van der Waals surface area (Å²) in [6, 6.07) is 0. The second-order valence-corrected chi connectivity index (χ2v) is 16.8. The predicted molar refractivity (Wildman–Crippen MR) is 26.1 cm³/mol. The van der Waals surface area contributed by atoms with Gasteiger partial charge in [-0.1, -0.05) is 0 Å². The van der Waals surface area contributed by atoms with Crippen LogP contribution in [0.2, 0.25) is 0 Å². The third-order valence-electron chi connectivity index (χ3n) is 0. The second-order valence-electron chi connectivity index (χ2n) is 2.00. The molecule has 0 aliphatic carbocycles. The van der Waals surface area contributed by atoms with Gasteiger partial charge in [0.1, 0.15) is 0 Å². The standard InChI is InChI=1S/C3H9P.Ir/c1-4(2)3;/h1-3H3;/q;-1/p+1. The van der Waals surface area contributed by atoms with Crippen LogP contribution in [0.1, 0.15) is 0 Å². The Morgan fingerprint density at radius 2 is 1.20 bits per heavy atom. The maximum absolute atomic E-state index is 2.33. The zero-order valence-corrected chi connectivity index (χ0v) is 7.23. The molecule has 0 heterocycles. The van der Waals surface area contributed by atoms with Crippen LogP contribution >= 0.6 is 5.50 Å². The SMILES string of the molecule is C[PH](C)(C)[Ir]. The van der Waals surface area contributed by atoms with Crippen LogP contribution in [0.4, 0.5) is 0 Å². The Morgan fingerprint density at radius 1 is 1.20 bits per heavy atom. The molecule has 0 unspecified atom stereocenters. The van der Waals surface area contributed by atoms with Gasteiger partial charge in [-0.25, -0.2) is 0 Å². The third-order valence-corrected chi connectivity index (χ3v) is 0. The molecule has 0 aliphatic rings. The number of hydrogen-bond acceptors (Lipinski definition) is 0. The van der Waals surface area contributed by atoms with Crippen molar-refractivity contribution in [2.24, 2.45) is 0 Å². The summed E-state index contributed by atoms with van der Waals surface area (Å²) in [7, 11) is 0. The van der Waals surface area contributed by atoms with E-state index in [0.29, 0.717) is 0 Å². The molecule has 5 heavy (non-hydrogen) atoms. The zero-order chi connectivity index (χ0) is 4.50. The molecule has 0 N–H and O–H groups in total. The molecule has 0 spiro atoms. The van der Waals surface area contributed by atoms with Crippen molar-refractivity contribution in [2.75, 3.05) is 20.0 Å². The molecule has 0 atom stereocenters. The van der Waals surface area contributed by atoms with Gasteiger partial charge in [-0.15, -0.1) is 0 Å². The minimum atomic E-state index is -0.611. The monoisotopic (exact) mass is 270 g/mol. The van der Waals surface area contributed by atoms with Gasteiger partial charge in [0.25, 0.3) is 0 Å². The molecule has 0 aromatic heterocycles. The van der Waals surface area contributed by atoms with E-state index in [9.17, 15) is 0 Å². The van der Waals surface area contributed by atoms with Crippen LogP contribution in [-0.4, -0.2) is 20.0 Å². The van der Waals surface area contributed by atoms with E-state index < -0.39 is 5.50 Å². The average molecular weight is 269 g/mol. The van der Waals surface area contributed by atoms with Gasteiger partial charge in [0.15, 0.2) is 0 Å². The van der Waals surface area contributed by atoms with E-state index in [-0.39, 0.29) is 0 Å². The average Bonchev–Trinajstić information content (AvgIpc) is 0.722. The summed E-state index contributed by atoms with van der Waals surface area (Å²) in [4.78, 5) is 0. The zero-order valence-electron chi connectivity index (χ0n) is 3.83. The van der Waals surface area contributed by atoms with Gasteiger partial charge in [0.2, 0.25) is 0 Å². The molecule has 0 aromatic carbocycles. The van der Waals surface area contributed by atoms with Gasteiger partial charge in [-0.05, 0) is 0 Å². The van der Waals surface area contributed by atoms with E-state index in [2.05, 4.69) is 38.4 Å². The molecule has 0 aromatic rings. The van der Waals surface area contributed by atoms with Crippen LogP contribution in [0.15, 0.2) is 0 Å². The molecule has 0 nitrogen and oxygen atoms in total. The Bertz CT molecular complexity index is 22.4. The van der Waals surface area contributed by atoms with Crippen LogP contribution in [0, 0.1) is 0 Å². The van der Waals surface area contributed by atoms with Crippen LogP contribution in [-0.2, 0) is 18.4 Å². The first-order chi connectivity index (χ1) is 2.00. The first-order valence-electron chi connectivity index (χ1n) is 1.67. The second kappa shape index (κ2) is 1.69. The molecule has 0 fully saturated rings. The molecular formula is C3H10IrP. The summed E-state index contributed by atoms with van der Waals surface area (Å²) in [6.45, 7) is 6.98. The van der Waals surface area contributed by atoms with Crippen LogP contribution in [0.3, 0.4) is 0 Å². The van der Waals surface area contributed by atoms with Crippen LogP contribution in [0.25, 0.3) is 0 Å². The third kappa shape index (κ3) is 41.3. The molecule has 36 valence electrons. The van der Waals surface area contributed by atoms with Crippen molar-refractivity contribution >= 4 is 5.50 Å². The fraction of sp³-hybridized carbons (Fsp3) is 1.00. The van der Waals surface area contributed by atoms with E-state index in [1.165, 1.54) is 0 Å². The van der Waals surface area contributed by atoms with E-state index in [1.807, 2.05) is 0 Å². The van der Waals surface area contributed by atoms with Crippen molar-refractivity contribution in [3.8, 4) is 0 Å². The van der Waals surface area contributed by atoms with Gasteiger partial charge in [-0.3, -0.25) is 0 Å². The van der Waals surface area contributed by atoms with Crippen molar-refractivity contribution in [2.45, 2.75) is 0 Å². The molecule has 0 amide bonds. The van der Waals surface area contributed by atoms with Crippen LogP contribution < -0.4 is 0 Å². The normalized spacial score (nSPS) is 15.4. The van der Waals surface area contributed by atoms with Crippen molar-refractivity contribution in [1.82, 2.24) is 0 Å². The summed E-state index contributed by atoms with van der Waals surface area (Å²) in [5, 5.41) is 0. The quantitative estimate of drug-likeness (QED) is 0.578. The Kier molecular flexibility index (Phi) is 2.05. The van der Waals surface area contributed by atoms with Crippen molar-refractivity contribution in [1.29, 1.82) is 0 Å². The first-order valence-corrected chi connectivity index (χ1v) is 8.59. The summed E-state index contributed by atoms with van der Waals surface area (Å²) in [5.74, 6) is 0. The van der Waals surface area contributed by atoms with Crippen molar-refractivity contribution in [3.05, 3.63) is 0 Å². The fourth-order valence-corrected chi connectivity index (χ4v) is 0. The van der Waals surface area contributed by atoms with Gasteiger partial charge in [-0.2, -0.15) is 0 Å². The minimum absolute atomic E-state index is 0.611. The maximum atomic E-state index is 2.33. The summed E-state index contributed by atoms with van der Waals surface area (Å²) in [5.41, 5.74) is -0.611. The van der Waals surface area contributed by atoms with Crippen molar-refractivity contribution < 1.29 is 18.4 Å². The number of rotatable bonds is 0. The van der Waals surface area contributed by atoms with Gasteiger partial charge in [0.05, 0.1) is 0 Å². The Hall–Kier alpha value is 1.08. The molecule has 0 bridgehead atoms. The molecule has 0 saturated heterocycles. The molecule has 0 rings (SSSR count). The topological polar surface area (TPSA) is 0 Å². The summed E-state index contributed by atoms with van der Waals surface area (Å²) < 4.78 is 0. The fourth-order valence-electron chi connectivity index (χ4n) is 0. The Morgan fingerprint density at radius 3 is 1.20 bits per heavy atom. The Labute approximate surface area is 44.3 Å². The first kappa shape index (κ1) is 6.08. The molecular weight excluding hydrogens is 259 g/mol.